The molecular formula is C53H66N8O18P3+. The van der Waals surface area contributed by atoms with Crippen LogP contribution in [0.25, 0.3) is 27.9 Å². The number of allylic oxidation sites excluding steroid dienone is 2. The van der Waals surface area contributed by atoms with Gasteiger partial charge in [0.1, 0.15) is 36.4 Å². The van der Waals surface area contributed by atoms with Crippen molar-refractivity contribution in [3.63, 3.8) is 0 Å². The molecule has 1 fully saturated rings. The van der Waals surface area contributed by atoms with Gasteiger partial charge in [-0.2, -0.15) is 13.6 Å². The second-order valence-corrected chi connectivity index (χ2v) is 26.0. The molecule has 4 aliphatic rings. The van der Waals surface area contributed by atoms with Gasteiger partial charge in [0.25, 0.3) is 11.5 Å². The number of carbonyl (C=O) groups is 2. The lowest BCUT2D eigenvalue weighted by molar-refractivity contribution is -0.0503. The third-order valence-electron chi connectivity index (χ3n) is 14.8. The van der Waals surface area contributed by atoms with E-state index in [1.54, 1.807) is 12.1 Å². The molecule has 0 radical (unpaired) electrons. The molecule has 5 aromatic rings. The Kier molecular flexibility index (Phi) is 16.8. The maximum absolute atomic E-state index is 13.6. The van der Waals surface area contributed by atoms with Crippen molar-refractivity contribution >= 4 is 74.9 Å². The van der Waals surface area contributed by atoms with Crippen LogP contribution >= 0.6 is 23.5 Å². The second-order valence-electron chi connectivity index (χ2n) is 21.4. The molecule has 0 bridgehead atoms. The molecule has 82 heavy (non-hydrogen) atoms. The van der Waals surface area contributed by atoms with E-state index in [0.717, 1.165) is 57.3 Å². The van der Waals surface area contributed by atoms with E-state index in [9.17, 15) is 58.1 Å². The van der Waals surface area contributed by atoms with E-state index in [0.29, 0.717) is 52.7 Å². The summed E-state index contributed by atoms with van der Waals surface area (Å²) in [5.74, 6) is -0.896. The first-order chi connectivity index (χ1) is 38.4. The summed E-state index contributed by atoms with van der Waals surface area (Å²) in [7, 11) is -16.9. The summed E-state index contributed by atoms with van der Waals surface area (Å²) in [6.07, 6.45) is 0.303. The number of aliphatic hydroxyl groups excluding tert-OH is 2. The number of rotatable bonds is 21. The average Bonchev–Trinajstić information content (AvgIpc) is 1.33. The van der Waals surface area contributed by atoms with Crippen LogP contribution in [-0.4, -0.2) is 124 Å². The normalized spacial score (nSPS) is 21.9. The molecule has 1 amide bonds. The first kappa shape index (κ1) is 60.4. The lowest BCUT2D eigenvalue weighted by atomic mass is 9.83. The summed E-state index contributed by atoms with van der Waals surface area (Å²) in [6, 6.07) is 12.9. The summed E-state index contributed by atoms with van der Waals surface area (Å²) >= 11 is 0. The van der Waals surface area contributed by atoms with Crippen molar-refractivity contribution in [2.75, 3.05) is 43.5 Å². The number of anilines is 2. The minimum Gasteiger partial charge on any atom is -0.478 e. The molecule has 10 N–H and O–H groups in total. The summed E-state index contributed by atoms with van der Waals surface area (Å²) in [5.41, 5.74) is 10.9. The van der Waals surface area contributed by atoms with Crippen molar-refractivity contribution in [1.29, 1.82) is 0 Å². The van der Waals surface area contributed by atoms with Gasteiger partial charge in [-0.25, -0.2) is 28.0 Å². The second kappa shape index (κ2) is 22.8. The number of aromatic carboxylic acids is 1. The van der Waals surface area contributed by atoms with E-state index >= 15 is 0 Å². The van der Waals surface area contributed by atoms with E-state index in [1.807, 2.05) is 12.1 Å². The quantitative estimate of drug-likeness (QED) is 0.0245. The third kappa shape index (κ3) is 12.1. The molecule has 29 heteroatoms. The largest absolute Gasteiger partial charge is 0.490 e. The smallest absolute Gasteiger partial charge is 0.478 e. The number of likely N-dealkylation sites (N-methyl/N-ethyl adjacent to an activating group) is 2. The van der Waals surface area contributed by atoms with Crippen molar-refractivity contribution < 1.29 is 80.4 Å². The number of nitrogens with zero attached hydrogens (tertiary/aromatic N) is 5. The van der Waals surface area contributed by atoms with E-state index in [4.69, 9.17) is 19.7 Å². The number of imidazole rings is 1. The summed E-state index contributed by atoms with van der Waals surface area (Å²) in [5, 5.41) is 36.6. The number of unbranched alkanes of at least 4 members (excludes halogenated alkanes) is 3. The van der Waals surface area contributed by atoms with Gasteiger partial charge in [0.05, 0.1) is 36.7 Å². The molecule has 3 aromatic carbocycles. The van der Waals surface area contributed by atoms with Crippen LogP contribution < -0.4 is 41.4 Å². The van der Waals surface area contributed by atoms with Gasteiger partial charge in [-0.3, -0.25) is 28.2 Å². The first-order valence-electron chi connectivity index (χ1n) is 26.4. The fraction of sp³-hybridized carbons (Fsp3) is 0.434. The number of carboxylic acid groups (broad SMARTS) is 1. The van der Waals surface area contributed by atoms with E-state index in [-0.39, 0.29) is 52.3 Å². The lowest BCUT2D eigenvalue weighted by Crippen LogP contribution is -2.49. The molecule has 3 unspecified atom stereocenters. The number of amides is 1. The number of nitrogens with one attached hydrogen (secondary N) is 2. The highest BCUT2D eigenvalue weighted by Gasteiger charge is 2.48. The number of carboxylic acids is 1. The fourth-order valence-corrected chi connectivity index (χ4v) is 14.9. The minimum absolute atomic E-state index is 0.0874. The number of fused-ring (bicyclic) bond motifs is 5. The van der Waals surface area contributed by atoms with E-state index in [1.165, 1.54) is 6.07 Å². The highest BCUT2D eigenvalue weighted by molar-refractivity contribution is 7.66. The van der Waals surface area contributed by atoms with Gasteiger partial charge in [-0.1, -0.05) is 25.0 Å². The molecule has 0 aliphatic carbocycles. The van der Waals surface area contributed by atoms with Crippen molar-refractivity contribution in [3.8, 4) is 11.5 Å². The number of carbonyl (C=O) groups excluding carboxylic acids is 1. The zero-order valence-electron chi connectivity index (χ0n) is 46.2. The highest BCUT2D eigenvalue weighted by atomic mass is 31.3. The molecular weight excluding hydrogens is 1130 g/mol. The number of hydrogen-bond donors (Lipinski definition) is 9. The summed E-state index contributed by atoms with van der Waals surface area (Å²) in [4.78, 5) is 81.8. The predicted octanol–water partition coefficient (Wildman–Crippen LogP) is 5.46. The Morgan fingerprint density at radius 3 is 2.24 bits per heavy atom. The number of aromatic amines is 1. The predicted molar refractivity (Wildman–Crippen MR) is 300 cm³/mol. The number of nitrogens with two attached hydrogens (primary N) is 1. The molecule has 2 aromatic heterocycles. The number of phosphoric acid groups is 3. The zero-order valence-corrected chi connectivity index (χ0v) is 48.9. The Hall–Kier alpha value is -6.21. The van der Waals surface area contributed by atoms with Crippen LogP contribution in [-0.2, 0) is 36.1 Å². The Morgan fingerprint density at radius 2 is 1.55 bits per heavy atom. The molecule has 26 nitrogen and oxygen atoms in total. The van der Waals surface area contributed by atoms with Gasteiger partial charge in [-0.05, 0) is 101 Å². The molecule has 0 spiro atoms. The van der Waals surface area contributed by atoms with Gasteiger partial charge >= 0.3 is 29.4 Å². The number of H-pyrrole nitrogens is 1. The van der Waals surface area contributed by atoms with Gasteiger partial charge < -0.3 is 55.4 Å². The number of ether oxygens (including phenoxy) is 2. The Bertz CT molecular complexity index is 3840. The first-order valence-corrected chi connectivity index (χ1v) is 30.9. The van der Waals surface area contributed by atoms with Gasteiger partial charge in [0, 0.05) is 71.7 Å². The van der Waals surface area contributed by atoms with Crippen molar-refractivity contribution in [2.45, 2.75) is 117 Å². The molecule has 6 heterocycles. The average molecular weight is 1200 g/mol. The van der Waals surface area contributed by atoms with Crippen LogP contribution in [0, 0.1) is 0 Å². The fourth-order valence-electron chi connectivity index (χ4n) is 11.3. The highest BCUT2D eigenvalue weighted by Crippen LogP contribution is 2.68. The Labute approximate surface area is 470 Å². The van der Waals surface area contributed by atoms with Crippen LogP contribution in [0.1, 0.15) is 130 Å². The van der Waals surface area contributed by atoms with E-state index in [2.05, 4.69) is 123 Å². The van der Waals surface area contributed by atoms with Gasteiger partial charge in [0.15, 0.2) is 22.9 Å². The molecule has 1 saturated heterocycles. The number of nitrogen functional groups attached to an aromatic ring is 1. The topological polar surface area (TPSA) is 370 Å². The van der Waals surface area contributed by atoms with Crippen LogP contribution in [0.4, 0.5) is 11.6 Å². The van der Waals surface area contributed by atoms with Crippen LogP contribution in [0.2, 0.25) is 0 Å². The number of aliphatic hydroxyl groups is 2. The number of hydrogen-bond acceptors (Lipinski definition) is 18. The number of benzene rings is 3. The summed E-state index contributed by atoms with van der Waals surface area (Å²) < 4.78 is 71.2. The zero-order chi connectivity index (χ0) is 59.6. The number of phosphoric ester groups is 2. The molecule has 9 rings (SSSR count). The third-order valence-corrected chi connectivity index (χ3v) is 19.1. The standard InChI is InChI=1S/C53H65N8O18P3/c1-9-60-37-22-39-35(20-32(37)28(3)24-52(60,5)6)42(36-21-33-29(4)25-53(7,8)61(10-2)38(33)23-40(36)76-39)31-16-15-30(19-34(31)50(66)67)47(64)55-17-13-11-12-14-18-74-80(68,69)78-82(72,73)79-81(70,71)75-26-41-44(62)45(63)49(77-41)59-27-56-43-46(59)57-51(54)58-48(43)65/h15-16,19-25,27,41,44-45,49,62-63H,9-14,17-18,26H2,1-8H3,(H7-,54,55,57,58,64,65,66,67,68,69,70,71,72,73)/p+1/t41-,44-,45-,49-/m1/s1. The molecule has 7 atom stereocenters. The van der Waals surface area contributed by atoms with Crippen molar-refractivity contribution in [3.05, 3.63) is 115 Å². The lowest BCUT2D eigenvalue weighted by Gasteiger charge is -2.43. The van der Waals surface area contributed by atoms with E-state index < -0.39 is 78.7 Å². The Morgan fingerprint density at radius 1 is 0.854 bits per heavy atom. The molecule has 440 valence electrons. The van der Waals surface area contributed by atoms with Crippen molar-refractivity contribution in [2.24, 2.45) is 0 Å². The van der Waals surface area contributed by atoms with Crippen molar-refractivity contribution in [1.82, 2.24) is 29.4 Å². The van der Waals surface area contributed by atoms with Crippen LogP contribution in [0.3, 0.4) is 0 Å². The van der Waals surface area contributed by atoms with Gasteiger partial charge in [0.2, 0.25) is 11.3 Å². The maximum atomic E-state index is 13.6. The summed E-state index contributed by atoms with van der Waals surface area (Å²) in [6.45, 7) is 17.1. The molecule has 4 aliphatic heterocycles. The van der Waals surface area contributed by atoms with Crippen LogP contribution in [0.15, 0.2) is 65.7 Å². The Balaban J connectivity index is 0.806. The van der Waals surface area contributed by atoms with Gasteiger partial charge in [-0.15, -0.1) is 0 Å². The maximum Gasteiger partial charge on any atom is 0.490 e. The monoisotopic (exact) mass is 1200 g/mol. The number of aromatic nitrogens is 4. The SMILES string of the molecule is CCN1c2cc3c(cc2C(C)=CC1(C)C)C(c1ccc(C(=O)NCCCCCCOP(=O)(O)OP(=O)(O)OP(=O)(O)OC[C@H]2O[C@@H](n4cnc5c(=O)[nH]c(N)nc54)[C@H](O)[C@@H]2O)cc1C(=O)O)=c1cc2c(cc1O3)=[N+](CC)C(C)(C)C=C2C. The minimum atomic E-state index is -5.87. The molecule has 0 saturated carbocycles. The van der Waals surface area contributed by atoms with Crippen LogP contribution in [0.5, 0.6) is 11.5 Å².